The van der Waals surface area contributed by atoms with Crippen LogP contribution in [0.4, 0.5) is 0 Å². The summed E-state index contributed by atoms with van der Waals surface area (Å²) in [6.07, 6.45) is 0.780. The number of nitro groups is 1. The van der Waals surface area contributed by atoms with Gasteiger partial charge in [-0.2, -0.15) is 0 Å². The smallest absolute Gasteiger partial charge is 0.261 e. The molecule has 0 saturated heterocycles. The van der Waals surface area contributed by atoms with Gasteiger partial charge >= 0.3 is 0 Å². The first-order valence-electron chi connectivity index (χ1n) is 5.58. The van der Waals surface area contributed by atoms with Gasteiger partial charge in [0.1, 0.15) is 13.5 Å². The summed E-state index contributed by atoms with van der Waals surface area (Å²) in [6.45, 7) is 1.08. The fourth-order valence-corrected chi connectivity index (χ4v) is 1.69. The van der Waals surface area contributed by atoms with Crippen molar-refractivity contribution in [2.75, 3.05) is 20.0 Å². The fraction of sp³-hybridized carbons (Fsp3) is 0.364. The SMILES string of the molecule is O=[N+]([O-])NC1=NCOCN1CCc1ccccc1. The van der Waals surface area contributed by atoms with Crippen LogP contribution in [-0.2, 0) is 11.2 Å². The van der Waals surface area contributed by atoms with E-state index in [-0.39, 0.29) is 12.7 Å². The molecule has 0 aliphatic carbocycles. The van der Waals surface area contributed by atoms with E-state index in [1.165, 1.54) is 5.56 Å². The third-order valence-corrected chi connectivity index (χ3v) is 2.56. The predicted octanol–water partition coefficient (Wildman–Crippen LogP) is 0.614. The molecule has 1 aromatic rings. The number of rotatable bonds is 4. The van der Waals surface area contributed by atoms with E-state index >= 15 is 0 Å². The summed E-state index contributed by atoms with van der Waals surface area (Å²) in [5.74, 6) is 0.252. The summed E-state index contributed by atoms with van der Waals surface area (Å²) in [5, 5.41) is 9.82. The van der Waals surface area contributed by atoms with Crippen LogP contribution in [0.5, 0.6) is 0 Å². The Balaban J connectivity index is 1.93. The van der Waals surface area contributed by atoms with E-state index in [4.69, 9.17) is 4.74 Å². The molecule has 0 amide bonds. The zero-order valence-electron chi connectivity index (χ0n) is 9.78. The summed E-state index contributed by atoms with van der Waals surface area (Å²) in [4.78, 5) is 16.1. The standard InChI is InChI=1S/C11H14N4O3/c16-15(17)13-11-12-8-18-9-14(11)7-6-10-4-2-1-3-5-10/h1-5H,6-9H2,(H,12,13). The number of nitrogens with zero attached hydrogens (tertiary/aromatic N) is 3. The average molecular weight is 250 g/mol. The lowest BCUT2D eigenvalue weighted by Gasteiger charge is -2.26. The largest absolute Gasteiger partial charge is 0.339 e. The Morgan fingerprint density at radius 3 is 2.94 bits per heavy atom. The second-order valence-corrected chi connectivity index (χ2v) is 3.81. The Hall–Kier alpha value is -2.15. The van der Waals surface area contributed by atoms with Crippen LogP contribution in [-0.4, -0.2) is 35.9 Å². The molecule has 0 fully saturated rings. The highest BCUT2D eigenvalue weighted by Gasteiger charge is 2.18. The van der Waals surface area contributed by atoms with Crippen LogP contribution in [0.1, 0.15) is 5.56 Å². The van der Waals surface area contributed by atoms with Crippen molar-refractivity contribution in [1.29, 1.82) is 0 Å². The predicted molar refractivity (Wildman–Crippen MR) is 65.2 cm³/mol. The van der Waals surface area contributed by atoms with Crippen LogP contribution in [0.25, 0.3) is 0 Å². The van der Waals surface area contributed by atoms with Gasteiger partial charge in [0.15, 0.2) is 5.03 Å². The maximum Gasteiger partial charge on any atom is 0.261 e. The van der Waals surface area contributed by atoms with E-state index in [0.29, 0.717) is 13.3 Å². The Labute approximate surface area is 104 Å². The highest BCUT2D eigenvalue weighted by atomic mass is 16.7. The minimum atomic E-state index is -0.611. The number of aliphatic imine (C=N–C) groups is 1. The van der Waals surface area contributed by atoms with E-state index in [1.807, 2.05) is 30.3 Å². The molecule has 0 atom stereocenters. The van der Waals surface area contributed by atoms with Gasteiger partial charge in [-0.15, -0.1) is 0 Å². The molecule has 7 nitrogen and oxygen atoms in total. The minimum absolute atomic E-state index is 0.151. The van der Waals surface area contributed by atoms with Crippen LogP contribution in [0.2, 0.25) is 0 Å². The number of hydrazine groups is 1. The Kier molecular flexibility index (Phi) is 4.08. The number of benzene rings is 1. The van der Waals surface area contributed by atoms with Crippen molar-refractivity contribution in [3.8, 4) is 0 Å². The van der Waals surface area contributed by atoms with E-state index in [2.05, 4.69) is 10.4 Å². The number of guanidine groups is 1. The summed E-state index contributed by atoms with van der Waals surface area (Å²) < 4.78 is 5.16. The van der Waals surface area contributed by atoms with Crippen LogP contribution < -0.4 is 5.43 Å². The van der Waals surface area contributed by atoms with Crippen LogP contribution in [0.3, 0.4) is 0 Å². The third-order valence-electron chi connectivity index (χ3n) is 2.56. The molecule has 7 heteroatoms. The molecule has 0 aromatic heterocycles. The molecule has 18 heavy (non-hydrogen) atoms. The molecule has 1 aliphatic rings. The van der Waals surface area contributed by atoms with E-state index in [0.717, 1.165) is 6.42 Å². The second kappa shape index (κ2) is 5.97. The molecule has 96 valence electrons. The van der Waals surface area contributed by atoms with Gasteiger partial charge < -0.3 is 9.64 Å². The fourth-order valence-electron chi connectivity index (χ4n) is 1.69. The molecular formula is C11H14N4O3. The lowest BCUT2D eigenvalue weighted by Crippen LogP contribution is -2.48. The molecule has 0 saturated carbocycles. The van der Waals surface area contributed by atoms with Crippen molar-refractivity contribution in [3.05, 3.63) is 46.0 Å². The molecule has 0 spiro atoms. The Bertz CT molecular complexity index is 435. The van der Waals surface area contributed by atoms with Gasteiger partial charge in [0.05, 0.1) is 0 Å². The summed E-state index contributed by atoms with van der Waals surface area (Å²) >= 11 is 0. The van der Waals surface area contributed by atoms with E-state index in [9.17, 15) is 10.1 Å². The normalized spacial score (nSPS) is 15.1. The van der Waals surface area contributed by atoms with Gasteiger partial charge in [0.25, 0.3) is 5.96 Å². The van der Waals surface area contributed by atoms with E-state index in [1.54, 1.807) is 4.90 Å². The molecule has 0 unspecified atom stereocenters. The zero-order chi connectivity index (χ0) is 12.8. The number of ether oxygens (including phenoxy) is 1. The van der Waals surface area contributed by atoms with Crippen LogP contribution in [0.15, 0.2) is 35.3 Å². The molecule has 1 heterocycles. The van der Waals surface area contributed by atoms with Crippen LogP contribution >= 0.6 is 0 Å². The van der Waals surface area contributed by atoms with Gasteiger partial charge in [0, 0.05) is 6.54 Å². The molecular weight excluding hydrogens is 236 g/mol. The van der Waals surface area contributed by atoms with Gasteiger partial charge in [-0.1, -0.05) is 35.8 Å². The Morgan fingerprint density at radius 1 is 1.44 bits per heavy atom. The summed E-state index contributed by atoms with van der Waals surface area (Å²) in [7, 11) is 0. The van der Waals surface area contributed by atoms with Gasteiger partial charge in [-0.3, -0.25) is 0 Å². The molecule has 0 bridgehead atoms. The van der Waals surface area contributed by atoms with Gasteiger partial charge in [0.2, 0.25) is 0 Å². The monoisotopic (exact) mass is 250 g/mol. The highest BCUT2D eigenvalue weighted by Crippen LogP contribution is 2.04. The molecule has 0 radical (unpaired) electrons. The maximum atomic E-state index is 10.4. The zero-order valence-corrected chi connectivity index (χ0v) is 9.78. The summed E-state index contributed by atoms with van der Waals surface area (Å²) in [5.41, 5.74) is 3.26. The maximum absolute atomic E-state index is 10.4. The molecule has 1 N–H and O–H groups in total. The molecule has 1 aromatic carbocycles. The van der Waals surface area contributed by atoms with Gasteiger partial charge in [-0.05, 0) is 12.0 Å². The quantitative estimate of drug-likeness (QED) is 0.625. The average Bonchev–Trinajstić information content (AvgIpc) is 2.38. The van der Waals surface area contributed by atoms with Crippen molar-refractivity contribution < 1.29 is 9.77 Å². The lowest BCUT2D eigenvalue weighted by molar-refractivity contribution is -0.527. The van der Waals surface area contributed by atoms with Gasteiger partial charge in [-0.25, -0.2) is 15.1 Å². The van der Waals surface area contributed by atoms with Crippen LogP contribution in [0, 0.1) is 10.1 Å². The van der Waals surface area contributed by atoms with Crippen molar-refractivity contribution >= 4 is 5.96 Å². The van der Waals surface area contributed by atoms with E-state index < -0.39 is 5.03 Å². The molecule has 2 rings (SSSR count). The van der Waals surface area contributed by atoms with Crippen molar-refractivity contribution in [3.63, 3.8) is 0 Å². The first-order chi connectivity index (χ1) is 8.75. The molecule has 1 aliphatic heterocycles. The first kappa shape index (κ1) is 12.3. The Morgan fingerprint density at radius 2 is 2.22 bits per heavy atom. The number of hydrogen-bond acceptors (Lipinski definition) is 5. The van der Waals surface area contributed by atoms with Crippen molar-refractivity contribution in [2.45, 2.75) is 6.42 Å². The number of hydrogen-bond donors (Lipinski definition) is 1. The number of nitrogens with one attached hydrogen (secondary N) is 1. The third kappa shape index (κ3) is 3.42. The first-order valence-corrected chi connectivity index (χ1v) is 5.58. The second-order valence-electron chi connectivity index (χ2n) is 3.81. The summed E-state index contributed by atoms with van der Waals surface area (Å²) in [6, 6.07) is 9.92. The van der Waals surface area contributed by atoms with Crippen molar-refractivity contribution in [1.82, 2.24) is 10.3 Å². The lowest BCUT2D eigenvalue weighted by atomic mass is 10.1. The minimum Gasteiger partial charge on any atom is -0.339 e. The topological polar surface area (TPSA) is 80.0 Å². The highest BCUT2D eigenvalue weighted by molar-refractivity contribution is 5.78. The van der Waals surface area contributed by atoms with Crippen molar-refractivity contribution in [2.24, 2.45) is 4.99 Å².